The number of pyridine rings is 1. The maximum absolute atomic E-state index is 12.7. The smallest absolute Gasteiger partial charge is 0.369 e. The highest BCUT2D eigenvalue weighted by Gasteiger charge is 2.31. The molecule has 1 amide bonds. The van der Waals surface area contributed by atoms with Crippen LogP contribution >= 0.6 is 0 Å². The third-order valence-corrected chi connectivity index (χ3v) is 5.59. The number of aromatic nitrogens is 1. The second-order valence-corrected chi connectivity index (χ2v) is 8.14. The maximum Gasteiger partial charge on any atom is 0.417 e. The Hall–Kier alpha value is -2.81. The zero-order chi connectivity index (χ0) is 23.3. The zero-order valence-electron chi connectivity index (χ0n) is 18.7. The number of nitrogens with zero attached hydrogens (tertiary/aromatic N) is 4. The van der Waals surface area contributed by atoms with Crippen LogP contribution in [0.25, 0.3) is 0 Å². The minimum absolute atomic E-state index is 0.0879. The third-order valence-electron chi connectivity index (χ3n) is 5.59. The highest BCUT2D eigenvalue weighted by Crippen LogP contribution is 2.29. The minimum atomic E-state index is -4.39. The molecule has 0 unspecified atom stereocenters. The Bertz CT molecular complexity index is 876. The quantitative estimate of drug-likeness (QED) is 0.690. The Balaban J connectivity index is 1.47. The molecule has 0 spiro atoms. The van der Waals surface area contributed by atoms with Crippen LogP contribution in [-0.4, -0.2) is 61.1 Å². The van der Waals surface area contributed by atoms with Gasteiger partial charge in [0.05, 0.1) is 12.1 Å². The number of carbonyl (C=O) groups is 1. The van der Waals surface area contributed by atoms with Crippen LogP contribution < -0.4 is 15.1 Å². The predicted octanol–water partition coefficient (Wildman–Crippen LogP) is 4.10. The molecular formula is C23H30F3N5O. The largest absolute Gasteiger partial charge is 0.417 e. The van der Waals surface area contributed by atoms with Gasteiger partial charge in [0.25, 0.3) is 0 Å². The molecule has 2 heterocycles. The van der Waals surface area contributed by atoms with Gasteiger partial charge in [-0.25, -0.2) is 4.98 Å². The minimum Gasteiger partial charge on any atom is -0.369 e. The van der Waals surface area contributed by atoms with E-state index in [9.17, 15) is 18.0 Å². The molecule has 1 fully saturated rings. The van der Waals surface area contributed by atoms with Gasteiger partial charge in [-0.2, -0.15) is 13.2 Å². The van der Waals surface area contributed by atoms with Crippen molar-refractivity contribution >= 4 is 23.1 Å². The topological polar surface area (TPSA) is 51.7 Å². The standard InChI is InChI=1S/C23H30F3N5O/c1-4-31(17(2)3)20-8-6-19(7-9-20)28-22(32)16-29-11-13-30(14-12-29)21-10-5-18(15-27-21)23(24,25)26/h5-10,15,17H,4,11-14,16H2,1-3H3,(H,28,32). The second-order valence-electron chi connectivity index (χ2n) is 8.14. The third kappa shape index (κ3) is 6.12. The lowest BCUT2D eigenvalue weighted by atomic mass is 10.2. The number of piperazine rings is 1. The van der Waals surface area contributed by atoms with E-state index in [-0.39, 0.29) is 12.5 Å². The van der Waals surface area contributed by atoms with E-state index in [1.165, 1.54) is 6.07 Å². The summed E-state index contributed by atoms with van der Waals surface area (Å²) in [4.78, 5) is 22.6. The van der Waals surface area contributed by atoms with Crippen molar-refractivity contribution in [3.8, 4) is 0 Å². The van der Waals surface area contributed by atoms with E-state index in [4.69, 9.17) is 0 Å². The van der Waals surface area contributed by atoms with Crippen molar-refractivity contribution in [2.75, 3.05) is 54.4 Å². The number of rotatable bonds is 7. The summed E-state index contributed by atoms with van der Waals surface area (Å²) in [6, 6.07) is 10.7. The highest BCUT2D eigenvalue weighted by molar-refractivity contribution is 5.92. The Morgan fingerprint density at radius 1 is 1.09 bits per heavy atom. The van der Waals surface area contributed by atoms with Crippen molar-refractivity contribution in [1.29, 1.82) is 0 Å². The molecule has 1 aliphatic rings. The number of nitrogens with one attached hydrogen (secondary N) is 1. The molecule has 9 heteroatoms. The fourth-order valence-electron chi connectivity index (χ4n) is 3.86. The molecule has 0 bridgehead atoms. The van der Waals surface area contributed by atoms with Gasteiger partial charge in [-0.1, -0.05) is 0 Å². The van der Waals surface area contributed by atoms with Gasteiger partial charge in [-0.15, -0.1) is 0 Å². The summed E-state index contributed by atoms with van der Waals surface area (Å²) >= 11 is 0. The van der Waals surface area contributed by atoms with Crippen molar-refractivity contribution < 1.29 is 18.0 Å². The first-order valence-electron chi connectivity index (χ1n) is 10.8. The predicted molar refractivity (Wildman–Crippen MR) is 121 cm³/mol. The Labute approximate surface area is 187 Å². The normalized spacial score (nSPS) is 15.2. The molecule has 6 nitrogen and oxygen atoms in total. The summed E-state index contributed by atoms with van der Waals surface area (Å²) in [6.07, 6.45) is -3.52. The van der Waals surface area contributed by atoms with E-state index in [0.29, 0.717) is 38.0 Å². The van der Waals surface area contributed by atoms with Gasteiger partial charge < -0.3 is 15.1 Å². The van der Waals surface area contributed by atoms with Gasteiger partial charge >= 0.3 is 6.18 Å². The van der Waals surface area contributed by atoms with Crippen molar-refractivity contribution in [3.05, 3.63) is 48.2 Å². The van der Waals surface area contributed by atoms with Crippen molar-refractivity contribution in [2.24, 2.45) is 0 Å². The van der Waals surface area contributed by atoms with Crippen molar-refractivity contribution in [3.63, 3.8) is 0 Å². The number of benzene rings is 1. The lowest BCUT2D eigenvalue weighted by Gasteiger charge is -2.35. The van der Waals surface area contributed by atoms with E-state index in [2.05, 4.69) is 36.0 Å². The number of hydrogen-bond acceptors (Lipinski definition) is 5. The van der Waals surface area contributed by atoms with Gasteiger partial charge in [0.2, 0.25) is 5.91 Å². The van der Waals surface area contributed by atoms with Gasteiger partial charge in [0.15, 0.2) is 0 Å². The summed E-state index contributed by atoms with van der Waals surface area (Å²) in [5.41, 5.74) is 1.12. The fourth-order valence-corrected chi connectivity index (χ4v) is 3.86. The van der Waals surface area contributed by atoms with Crippen LogP contribution in [0.2, 0.25) is 0 Å². The number of hydrogen-bond donors (Lipinski definition) is 1. The molecule has 0 radical (unpaired) electrons. The number of carbonyl (C=O) groups excluding carboxylic acids is 1. The van der Waals surface area contributed by atoms with Crippen LogP contribution in [0.1, 0.15) is 26.3 Å². The van der Waals surface area contributed by atoms with Crippen LogP contribution in [0.4, 0.5) is 30.4 Å². The molecule has 1 aromatic carbocycles. The average molecular weight is 450 g/mol. The lowest BCUT2D eigenvalue weighted by Crippen LogP contribution is -2.48. The molecule has 1 N–H and O–H groups in total. The van der Waals surface area contributed by atoms with Crippen LogP contribution in [0.15, 0.2) is 42.6 Å². The Morgan fingerprint density at radius 2 is 1.75 bits per heavy atom. The van der Waals surface area contributed by atoms with Crippen LogP contribution in [0.3, 0.4) is 0 Å². The molecule has 0 aliphatic carbocycles. The van der Waals surface area contributed by atoms with Crippen LogP contribution in [0.5, 0.6) is 0 Å². The van der Waals surface area contributed by atoms with Gasteiger partial charge in [0.1, 0.15) is 5.82 Å². The second kappa shape index (κ2) is 10.2. The summed E-state index contributed by atoms with van der Waals surface area (Å²) in [7, 11) is 0. The number of amides is 1. The lowest BCUT2D eigenvalue weighted by molar-refractivity contribution is -0.137. The molecule has 174 valence electrons. The van der Waals surface area contributed by atoms with Crippen LogP contribution in [-0.2, 0) is 11.0 Å². The summed E-state index contributed by atoms with van der Waals surface area (Å²) in [5.74, 6) is 0.430. The number of anilines is 3. The first kappa shape index (κ1) is 23.8. The SMILES string of the molecule is CCN(c1ccc(NC(=O)CN2CCN(c3ccc(C(F)(F)F)cn3)CC2)cc1)C(C)C. The molecule has 0 atom stereocenters. The summed E-state index contributed by atoms with van der Waals surface area (Å²) in [6.45, 7) is 10.1. The van der Waals surface area contributed by atoms with Crippen LogP contribution in [0, 0.1) is 0 Å². The fraction of sp³-hybridized carbons (Fsp3) is 0.478. The van der Waals surface area contributed by atoms with E-state index in [0.717, 1.165) is 30.2 Å². The van der Waals surface area contributed by atoms with E-state index >= 15 is 0 Å². The molecule has 0 saturated carbocycles. The first-order valence-corrected chi connectivity index (χ1v) is 10.8. The molecule has 2 aromatic rings. The summed E-state index contributed by atoms with van der Waals surface area (Å²) < 4.78 is 38.1. The molecule has 32 heavy (non-hydrogen) atoms. The van der Waals surface area contributed by atoms with E-state index in [1.54, 1.807) is 0 Å². The molecule has 1 saturated heterocycles. The van der Waals surface area contributed by atoms with Crippen molar-refractivity contribution in [1.82, 2.24) is 9.88 Å². The number of alkyl halides is 3. The highest BCUT2D eigenvalue weighted by atomic mass is 19.4. The molecule has 1 aromatic heterocycles. The van der Waals surface area contributed by atoms with Gasteiger partial charge in [-0.3, -0.25) is 9.69 Å². The number of halogens is 3. The first-order chi connectivity index (χ1) is 15.2. The van der Waals surface area contributed by atoms with Gasteiger partial charge in [-0.05, 0) is 57.2 Å². The zero-order valence-corrected chi connectivity index (χ0v) is 18.7. The van der Waals surface area contributed by atoms with E-state index < -0.39 is 11.7 Å². The maximum atomic E-state index is 12.7. The average Bonchev–Trinajstić information content (AvgIpc) is 2.75. The molecular weight excluding hydrogens is 419 g/mol. The van der Waals surface area contributed by atoms with Gasteiger partial charge in [0, 0.05) is 56.3 Å². The Kier molecular flexibility index (Phi) is 7.60. The molecule has 3 rings (SSSR count). The monoisotopic (exact) mass is 449 g/mol. The van der Waals surface area contributed by atoms with Crippen molar-refractivity contribution in [2.45, 2.75) is 33.0 Å². The van der Waals surface area contributed by atoms with E-state index in [1.807, 2.05) is 34.1 Å². The molecule has 1 aliphatic heterocycles. The summed E-state index contributed by atoms with van der Waals surface area (Å²) in [5, 5.41) is 2.93. The Morgan fingerprint density at radius 3 is 2.25 bits per heavy atom.